The average Bonchev–Trinajstić information content (AvgIpc) is 3.20. The maximum atomic E-state index is 13.4. The van der Waals surface area contributed by atoms with Gasteiger partial charge in [0.2, 0.25) is 5.91 Å². The molecule has 0 bridgehead atoms. The van der Waals surface area contributed by atoms with E-state index in [-0.39, 0.29) is 17.3 Å². The minimum atomic E-state index is -1.05. The van der Waals surface area contributed by atoms with E-state index in [1.807, 2.05) is 30.3 Å². The number of amides is 1. The molecular formula is C22H15F3N4OS. The molecule has 156 valence electrons. The van der Waals surface area contributed by atoms with Gasteiger partial charge in [-0.2, -0.15) is 0 Å². The van der Waals surface area contributed by atoms with Gasteiger partial charge in [-0.3, -0.25) is 9.36 Å². The quantitative estimate of drug-likeness (QED) is 0.425. The molecule has 9 heteroatoms. The summed E-state index contributed by atoms with van der Waals surface area (Å²) < 4.78 is 41.5. The summed E-state index contributed by atoms with van der Waals surface area (Å²) in [5, 5.41) is 11.4. The Kier molecular flexibility index (Phi) is 6.03. The van der Waals surface area contributed by atoms with Gasteiger partial charge in [-0.15, -0.1) is 10.2 Å². The van der Waals surface area contributed by atoms with Gasteiger partial charge in [0.1, 0.15) is 5.82 Å². The van der Waals surface area contributed by atoms with Crippen LogP contribution in [-0.4, -0.2) is 26.4 Å². The summed E-state index contributed by atoms with van der Waals surface area (Å²) in [6.07, 6.45) is 0. The summed E-state index contributed by atoms with van der Waals surface area (Å²) in [5.41, 5.74) is 1.58. The van der Waals surface area contributed by atoms with Gasteiger partial charge in [0.05, 0.1) is 5.75 Å². The third-order valence-corrected chi connectivity index (χ3v) is 5.21. The number of rotatable bonds is 6. The summed E-state index contributed by atoms with van der Waals surface area (Å²) in [6.45, 7) is 0. The van der Waals surface area contributed by atoms with Crippen molar-refractivity contribution in [1.29, 1.82) is 0 Å². The molecule has 4 rings (SSSR count). The Morgan fingerprint density at radius 3 is 2.35 bits per heavy atom. The van der Waals surface area contributed by atoms with Crippen LogP contribution in [0.15, 0.2) is 78.0 Å². The molecule has 3 aromatic carbocycles. The van der Waals surface area contributed by atoms with Gasteiger partial charge < -0.3 is 5.32 Å². The fourth-order valence-corrected chi connectivity index (χ4v) is 3.61. The summed E-state index contributed by atoms with van der Waals surface area (Å²) in [4.78, 5) is 12.3. The van der Waals surface area contributed by atoms with Gasteiger partial charge in [-0.25, -0.2) is 13.2 Å². The molecule has 0 aliphatic carbocycles. The van der Waals surface area contributed by atoms with Crippen LogP contribution < -0.4 is 5.32 Å². The van der Waals surface area contributed by atoms with Gasteiger partial charge in [-0.05, 0) is 36.4 Å². The van der Waals surface area contributed by atoms with Gasteiger partial charge in [0, 0.05) is 23.0 Å². The normalized spacial score (nSPS) is 10.8. The minimum absolute atomic E-state index is 0.0485. The van der Waals surface area contributed by atoms with Crippen molar-refractivity contribution in [3.8, 4) is 17.1 Å². The molecule has 1 N–H and O–H groups in total. The van der Waals surface area contributed by atoms with E-state index in [0.717, 1.165) is 29.5 Å². The lowest BCUT2D eigenvalue weighted by Crippen LogP contribution is -2.15. The van der Waals surface area contributed by atoms with Gasteiger partial charge >= 0.3 is 0 Å². The first-order chi connectivity index (χ1) is 15.0. The van der Waals surface area contributed by atoms with Crippen LogP contribution in [0.1, 0.15) is 0 Å². The maximum absolute atomic E-state index is 13.4. The number of anilines is 1. The van der Waals surface area contributed by atoms with Crippen LogP contribution in [0.5, 0.6) is 0 Å². The average molecular weight is 440 g/mol. The lowest BCUT2D eigenvalue weighted by atomic mass is 10.2. The van der Waals surface area contributed by atoms with Crippen LogP contribution in [0.3, 0.4) is 0 Å². The van der Waals surface area contributed by atoms with E-state index in [1.165, 1.54) is 18.2 Å². The number of benzene rings is 3. The van der Waals surface area contributed by atoms with Gasteiger partial charge in [0.25, 0.3) is 0 Å². The zero-order valence-electron chi connectivity index (χ0n) is 15.9. The first kappa shape index (κ1) is 20.7. The van der Waals surface area contributed by atoms with Gasteiger partial charge in [0.15, 0.2) is 22.6 Å². The van der Waals surface area contributed by atoms with Crippen LogP contribution in [0.25, 0.3) is 17.1 Å². The topological polar surface area (TPSA) is 59.8 Å². The van der Waals surface area contributed by atoms with Crippen LogP contribution in [0, 0.1) is 17.5 Å². The summed E-state index contributed by atoms with van der Waals surface area (Å²) in [5.74, 6) is -2.35. The monoisotopic (exact) mass is 440 g/mol. The highest BCUT2D eigenvalue weighted by Crippen LogP contribution is 2.28. The third-order valence-electron chi connectivity index (χ3n) is 4.29. The third kappa shape index (κ3) is 4.77. The molecule has 0 atom stereocenters. The number of hydrogen-bond acceptors (Lipinski definition) is 4. The Labute approximate surface area is 179 Å². The minimum Gasteiger partial charge on any atom is -0.325 e. The van der Waals surface area contributed by atoms with E-state index in [0.29, 0.717) is 16.7 Å². The zero-order chi connectivity index (χ0) is 21.8. The Hall–Kier alpha value is -3.59. The number of aromatic nitrogens is 3. The van der Waals surface area contributed by atoms with E-state index < -0.39 is 17.5 Å². The lowest BCUT2D eigenvalue weighted by Gasteiger charge is -2.10. The number of halogens is 3. The van der Waals surface area contributed by atoms with Crippen LogP contribution in [0.2, 0.25) is 0 Å². The second kappa shape index (κ2) is 9.05. The highest BCUT2D eigenvalue weighted by atomic mass is 32.2. The van der Waals surface area contributed by atoms with E-state index in [1.54, 1.807) is 16.7 Å². The predicted octanol–water partition coefficient (Wildman–Crippen LogP) is 5.08. The molecule has 0 fully saturated rings. The molecule has 4 aromatic rings. The summed E-state index contributed by atoms with van der Waals surface area (Å²) >= 11 is 1.11. The zero-order valence-corrected chi connectivity index (χ0v) is 16.7. The number of nitrogens with zero attached hydrogens (tertiary/aromatic N) is 3. The molecule has 0 unspecified atom stereocenters. The Balaban J connectivity index is 1.57. The fourth-order valence-electron chi connectivity index (χ4n) is 2.86. The van der Waals surface area contributed by atoms with Crippen molar-refractivity contribution in [2.75, 3.05) is 11.1 Å². The van der Waals surface area contributed by atoms with Crippen molar-refractivity contribution >= 4 is 23.4 Å². The van der Waals surface area contributed by atoms with E-state index in [2.05, 4.69) is 15.5 Å². The predicted molar refractivity (Wildman–Crippen MR) is 112 cm³/mol. The van der Waals surface area contributed by atoms with E-state index in [9.17, 15) is 18.0 Å². The molecule has 1 aromatic heterocycles. The first-order valence-electron chi connectivity index (χ1n) is 9.16. The van der Waals surface area contributed by atoms with Crippen molar-refractivity contribution in [3.05, 3.63) is 90.2 Å². The second-order valence-electron chi connectivity index (χ2n) is 6.45. The Morgan fingerprint density at radius 2 is 1.65 bits per heavy atom. The molecule has 0 saturated carbocycles. The number of carbonyl (C=O) groups excluding carboxylic acids is 1. The fraction of sp³-hybridized carbons (Fsp3) is 0.0455. The number of thioether (sulfide) groups is 1. The molecule has 0 aliphatic heterocycles. The smallest absolute Gasteiger partial charge is 0.234 e. The summed E-state index contributed by atoms with van der Waals surface area (Å²) in [7, 11) is 0. The molecular weight excluding hydrogens is 425 g/mol. The SMILES string of the molecule is O=C(CSc1nnc(-c2ccccc2)n1-c1ccc(F)cc1)Nc1ccc(F)c(F)c1. The highest BCUT2D eigenvalue weighted by molar-refractivity contribution is 7.99. The molecule has 0 aliphatic rings. The first-order valence-corrected chi connectivity index (χ1v) is 10.1. The molecule has 1 amide bonds. The van der Waals surface area contributed by atoms with Crippen molar-refractivity contribution < 1.29 is 18.0 Å². The Bertz CT molecular complexity index is 1210. The molecule has 31 heavy (non-hydrogen) atoms. The van der Waals surface area contributed by atoms with Crippen LogP contribution in [-0.2, 0) is 4.79 Å². The maximum Gasteiger partial charge on any atom is 0.234 e. The molecule has 0 saturated heterocycles. The van der Waals surface area contributed by atoms with Crippen molar-refractivity contribution in [3.63, 3.8) is 0 Å². The van der Waals surface area contributed by atoms with Crippen molar-refractivity contribution in [2.24, 2.45) is 0 Å². The molecule has 0 spiro atoms. The number of nitrogens with one attached hydrogen (secondary N) is 1. The standard InChI is InChI=1S/C22H15F3N4OS/c23-15-6-9-17(10-7-15)29-21(14-4-2-1-3-5-14)27-28-22(29)31-13-20(30)26-16-8-11-18(24)19(25)12-16/h1-12H,13H2,(H,26,30). The van der Waals surface area contributed by atoms with Crippen molar-refractivity contribution in [1.82, 2.24) is 14.8 Å². The molecule has 1 heterocycles. The van der Waals surface area contributed by atoms with E-state index >= 15 is 0 Å². The highest BCUT2D eigenvalue weighted by Gasteiger charge is 2.17. The number of carbonyl (C=O) groups is 1. The second-order valence-corrected chi connectivity index (χ2v) is 7.39. The van der Waals surface area contributed by atoms with Crippen molar-refractivity contribution in [2.45, 2.75) is 5.16 Å². The van der Waals surface area contributed by atoms with Crippen LogP contribution >= 0.6 is 11.8 Å². The molecule has 0 radical (unpaired) electrons. The summed E-state index contributed by atoms with van der Waals surface area (Å²) in [6, 6.07) is 18.3. The molecule has 5 nitrogen and oxygen atoms in total. The number of hydrogen-bond donors (Lipinski definition) is 1. The largest absolute Gasteiger partial charge is 0.325 e. The van der Waals surface area contributed by atoms with Crippen LogP contribution in [0.4, 0.5) is 18.9 Å². The lowest BCUT2D eigenvalue weighted by molar-refractivity contribution is -0.113. The Morgan fingerprint density at radius 1 is 0.903 bits per heavy atom. The van der Waals surface area contributed by atoms with Gasteiger partial charge in [-0.1, -0.05) is 42.1 Å². The van der Waals surface area contributed by atoms with E-state index in [4.69, 9.17) is 0 Å².